The van der Waals surface area contributed by atoms with Crippen LogP contribution in [-0.2, 0) is 29.7 Å². The highest BCUT2D eigenvalue weighted by Crippen LogP contribution is 2.49. The highest BCUT2D eigenvalue weighted by molar-refractivity contribution is 5.81. The zero-order chi connectivity index (χ0) is 33.2. The molecule has 0 saturated carbocycles. The van der Waals surface area contributed by atoms with Crippen molar-refractivity contribution in [1.82, 2.24) is 4.90 Å². The molecule has 1 aliphatic heterocycles. The Bertz CT molecular complexity index is 1980. The molecule has 0 fully saturated rings. The van der Waals surface area contributed by atoms with Crippen LogP contribution in [0, 0.1) is 6.92 Å². The van der Waals surface area contributed by atoms with Gasteiger partial charge in [0.2, 0.25) is 0 Å². The largest absolute Gasteiger partial charge is 0.507 e. The van der Waals surface area contributed by atoms with Gasteiger partial charge in [0.1, 0.15) is 17.9 Å². The van der Waals surface area contributed by atoms with Crippen molar-refractivity contribution in [1.29, 1.82) is 0 Å². The van der Waals surface area contributed by atoms with Crippen LogP contribution < -0.4 is 0 Å². The lowest BCUT2D eigenvalue weighted by molar-refractivity contribution is 0.186. The molecule has 2 aliphatic rings. The van der Waals surface area contributed by atoms with Crippen molar-refractivity contribution in [3.8, 4) is 5.75 Å². The highest BCUT2D eigenvalue weighted by atomic mass is 16.5. The summed E-state index contributed by atoms with van der Waals surface area (Å²) in [6, 6.07) is 55.1. The highest BCUT2D eigenvalue weighted by Gasteiger charge is 2.42. The summed E-state index contributed by atoms with van der Waals surface area (Å²) in [5.41, 5.74) is 9.19. The first-order valence-corrected chi connectivity index (χ1v) is 17.2. The van der Waals surface area contributed by atoms with Gasteiger partial charge in [-0.25, -0.2) is 4.99 Å². The van der Waals surface area contributed by atoms with Crippen LogP contribution in [0.4, 0.5) is 0 Å². The van der Waals surface area contributed by atoms with E-state index in [2.05, 4.69) is 145 Å². The number of aromatic hydroxyl groups is 1. The van der Waals surface area contributed by atoms with Crippen molar-refractivity contribution < 1.29 is 9.84 Å². The number of hydrogen-bond acceptors (Lipinski definition) is 4. The standard InChI is InChI=1S/C45H40N2O2/c1-32-26-35(30-47(29-33-16-6-2-7-17-33)31-42-46-43-39-25-15-14-18-34(39)28-41(43)49-42)44(48)40(27-32)45(36-19-8-3-9-20-36,37-21-10-4-11-22-37)38-23-12-5-13-24-38/h2-27,41,43,48H,28-31H2,1H3/t41-,43+/m0/s1. The molecular formula is C45H40N2O2. The summed E-state index contributed by atoms with van der Waals surface area (Å²) in [7, 11) is 0. The zero-order valence-corrected chi connectivity index (χ0v) is 27.7. The Balaban J connectivity index is 1.23. The minimum Gasteiger partial charge on any atom is -0.507 e. The monoisotopic (exact) mass is 640 g/mol. The summed E-state index contributed by atoms with van der Waals surface area (Å²) >= 11 is 0. The van der Waals surface area contributed by atoms with Crippen molar-refractivity contribution >= 4 is 5.90 Å². The quantitative estimate of drug-likeness (QED) is 0.152. The molecular weight excluding hydrogens is 601 g/mol. The average Bonchev–Trinajstić information content (AvgIpc) is 3.69. The summed E-state index contributed by atoms with van der Waals surface area (Å²) in [6.07, 6.45) is 0.933. The van der Waals surface area contributed by atoms with E-state index < -0.39 is 5.41 Å². The van der Waals surface area contributed by atoms with Crippen molar-refractivity contribution in [3.63, 3.8) is 0 Å². The molecule has 242 valence electrons. The lowest BCUT2D eigenvalue weighted by Gasteiger charge is -2.38. The Labute approximate surface area is 289 Å². The molecule has 0 spiro atoms. The summed E-state index contributed by atoms with van der Waals surface area (Å²) in [4.78, 5) is 7.46. The van der Waals surface area contributed by atoms with E-state index in [9.17, 15) is 5.11 Å². The molecule has 0 unspecified atom stereocenters. The number of hydrogen-bond donors (Lipinski definition) is 1. The Morgan fingerprint density at radius 2 is 1.22 bits per heavy atom. The molecule has 49 heavy (non-hydrogen) atoms. The first-order chi connectivity index (χ1) is 24.1. The van der Waals surface area contributed by atoms with Crippen LogP contribution in [0.25, 0.3) is 0 Å². The average molecular weight is 641 g/mol. The van der Waals surface area contributed by atoms with E-state index in [-0.39, 0.29) is 12.1 Å². The molecule has 0 radical (unpaired) electrons. The fourth-order valence-corrected chi connectivity index (χ4v) is 7.97. The third-order valence-corrected chi connectivity index (χ3v) is 10.1. The minimum absolute atomic E-state index is 0.0481. The molecule has 0 bridgehead atoms. The van der Waals surface area contributed by atoms with E-state index in [1.807, 2.05) is 24.3 Å². The predicted octanol–water partition coefficient (Wildman–Crippen LogP) is 9.18. The first kappa shape index (κ1) is 30.9. The van der Waals surface area contributed by atoms with Gasteiger partial charge in [-0.3, -0.25) is 4.90 Å². The lowest BCUT2D eigenvalue weighted by Crippen LogP contribution is -2.32. The van der Waals surface area contributed by atoms with Gasteiger partial charge in [-0.15, -0.1) is 0 Å². The minimum atomic E-state index is -0.748. The molecule has 6 aromatic rings. The summed E-state index contributed by atoms with van der Waals surface area (Å²) in [6.45, 7) is 3.90. The molecule has 1 aliphatic carbocycles. The topological polar surface area (TPSA) is 45.1 Å². The Morgan fingerprint density at radius 3 is 1.84 bits per heavy atom. The molecule has 0 aromatic heterocycles. The van der Waals surface area contributed by atoms with E-state index >= 15 is 0 Å². The first-order valence-electron chi connectivity index (χ1n) is 17.2. The molecule has 1 N–H and O–H groups in total. The number of fused-ring (bicyclic) bond motifs is 3. The van der Waals surface area contributed by atoms with Crippen LogP contribution in [-0.4, -0.2) is 28.6 Å². The molecule has 8 rings (SSSR count). The Hall–Kier alpha value is -5.45. The smallest absolute Gasteiger partial charge is 0.199 e. The van der Waals surface area contributed by atoms with Crippen molar-refractivity contribution in [2.45, 2.75) is 44.0 Å². The van der Waals surface area contributed by atoms with E-state index in [0.29, 0.717) is 25.4 Å². The number of aryl methyl sites for hydroxylation is 1. The second kappa shape index (κ2) is 13.2. The number of rotatable bonds is 10. The molecule has 0 amide bonds. The van der Waals surface area contributed by atoms with Gasteiger partial charge in [0.15, 0.2) is 5.90 Å². The maximum atomic E-state index is 12.6. The van der Waals surface area contributed by atoms with Crippen LogP contribution >= 0.6 is 0 Å². The second-order valence-corrected chi connectivity index (χ2v) is 13.3. The second-order valence-electron chi connectivity index (χ2n) is 13.3. The van der Waals surface area contributed by atoms with Crippen LogP contribution in [0.3, 0.4) is 0 Å². The number of nitrogens with zero attached hydrogens (tertiary/aromatic N) is 2. The number of benzene rings is 6. The Morgan fingerprint density at radius 1 is 0.673 bits per heavy atom. The maximum Gasteiger partial charge on any atom is 0.199 e. The van der Waals surface area contributed by atoms with E-state index in [4.69, 9.17) is 9.73 Å². The van der Waals surface area contributed by atoms with Crippen molar-refractivity contribution in [2.24, 2.45) is 4.99 Å². The number of phenols is 1. The van der Waals surface area contributed by atoms with E-state index in [1.54, 1.807) is 0 Å². The lowest BCUT2D eigenvalue weighted by atomic mass is 9.64. The van der Waals surface area contributed by atoms with Crippen LogP contribution in [0.1, 0.15) is 56.1 Å². The molecule has 6 aromatic carbocycles. The molecule has 4 nitrogen and oxygen atoms in total. The zero-order valence-electron chi connectivity index (χ0n) is 27.7. The fraction of sp³-hybridized carbons (Fsp3) is 0.178. The fourth-order valence-electron chi connectivity index (χ4n) is 7.97. The van der Waals surface area contributed by atoms with Gasteiger partial charge in [0.05, 0.1) is 12.0 Å². The maximum absolute atomic E-state index is 12.6. The molecule has 1 heterocycles. The van der Waals surface area contributed by atoms with Gasteiger partial charge in [0, 0.05) is 30.6 Å². The van der Waals surface area contributed by atoms with Crippen LogP contribution in [0.2, 0.25) is 0 Å². The number of phenolic OH excluding ortho intramolecular Hbond substituents is 1. The van der Waals surface area contributed by atoms with E-state index in [0.717, 1.165) is 45.7 Å². The summed E-state index contributed by atoms with van der Waals surface area (Å²) in [5.74, 6) is 1.07. The van der Waals surface area contributed by atoms with Gasteiger partial charge in [-0.1, -0.05) is 163 Å². The predicted molar refractivity (Wildman–Crippen MR) is 197 cm³/mol. The SMILES string of the molecule is Cc1cc(CN(CC2=N[C@@H]3c4ccccc4C[C@@H]3O2)Cc2ccccc2)c(O)c(C(c2ccccc2)(c2ccccc2)c2ccccc2)c1. The van der Waals surface area contributed by atoms with Gasteiger partial charge in [0.25, 0.3) is 0 Å². The third kappa shape index (κ3) is 5.83. The Kier molecular flexibility index (Phi) is 8.32. The molecule has 0 saturated heterocycles. The van der Waals surface area contributed by atoms with E-state index in [1.165, 1.54) is 16.7 Å². The molecule has 2 atom stereocenters. The summed E-state index contributed by atoms with van der Waals surface area (Å²) in [5, 5.41) is 12.6. The molecule has 4 heteroatoms. The summed E-state index contributed by atoms with van der Waals surface area (Å²) < 4.78 is 6.53. The van der Waals surface area contributed by atoms with Crippen LogP contribution in [0.15, 0.2) is 163 Å². The van der Waals surface area contributed by atoms with Crippen molar-refractivity contribution in [2.75, 3.05) is 6.54 Å². The number of aliphatic imine (C=N–C) groups is 1. The van der Waals surface area contributed by atoms with Gasteiger partial charge < -0.3 is 9.84 Å². The van der Waals surface area contributed by atoms with Gasteiger partial charge in [-0.05, 0) is 40.3 Å². The van der Waals surface area contributed by atoms with Crippen LogP contribution in [0.5, 0.6) is 5.75 Å². The van der Waals surface area contributed by atoms with Crippen molar-refractivity contribution in [3.05, 3.63) is 208 Å². The number of ether oxygens (including phenoxy) is 1. The normalized spacial score (nSPS) is 16.6. The van der Waals surface area contributed by atoms with Gasteiger partial charge in [-0.2, -0.15) is 0 Å². The van der Waals surface area contributed by atoms with Gasteiger partial charge >= 0.3 is 0 Å². The third-order valence-electron chi connectivity index (χ3n) is 10.1.